The summed E-state index contributed by atoms with van der Waals surface area (Å²) in [5.41, 5.74) is 3.38. The molecule has 0 amide bonds. The van der Waals surface area contributed by atoms with E-state index in [-0.39, 0.29) is 12.4 Å². The van der Waals surface area contributed by atoms with Crippen LogP contribution in [0.4, 0.5) is 5.69 Å². The van der Waals surface area contributed by atoms with Gasteiger partial charge in [-0.25, -0.2) is 0 Å². The summed E-state index contributed by atoms with van der Waals surface area (Å²) in [4.78, 5) is 0. The second-order valence-electron chi connectivity index (χ2n) is 3.64. The summed E-state index contributed by atoms with van der Waals surface area (Å²) in [6.07, 6.45) is 5.70. The highest BCUT2D eigenvalue weighted by Crippen LogP contribution is 2.13. The molecule has 0 aliphatic heterocycles. The lowest BCUT2D eigenvalue weighted by molar-refractivity contribution is 0.740. The zero-order valence-corrected chi connectivity index (χ0v) is 10.5. The maximum atomic E-state index is 4.17. The Morgan fingerprint density at radius 2 is 2.00 bits per heavy atom. The number of hydrogen-bond donors (Lipinski definition) is 1. The van der Waals surface area contributed by atoms with E-state index in [1.807, 2.05) is 44.3 Å². The molecule has 6 heteroatoms. The predicted molar refractivity (Wildman–Crippen MR) is 65.7 cm³/mol. The molecular weight excluding hydrogens is 226 g/mol. The predicted octanol–water partition coefficient (Wildman–Crippen LogP) is 1.50. The van der Waals surface area contributed by atoms with Crippen LogP contribution in [0.25, 0.3) is 0 Å². The Labute approximate surface area is 101 Å². The van der Waals surface area contributed by atoms with Crippen LogP contribution in [0.2, 0.25) is 0 Å². The summed E-state index contributed by atoms with van der Waals surface area (Å²) in [6.45, 7) is 2.82. The first-order valence-electron chi connectivity index (χ1n) is 4.87. The lowest BCUT2D eigenvalue weighted by Gasteiger charge is -2.03. The summed E-state index contributed by atoms with van der Waals surface area (Å²) in [5, 5.41) is 11.6. The topological polar surface area (TPSA) is 47.7 Å². The first kappa shape index (κ1) is 12.6. The van der Waals surface area contributed by atoms with Crippen molar-refractivity contribution in [3.63, 3.8) is 0 Å². The molecule has 2 aromatic heterocycles. The average molecular weight is 242 g/mol. The fourth-order valence-electron chi connectivity index (χ4n) is 1.43. The van der Waals surface area contributed by atoms with E-state index in [0.29, 0.717) is 0 Å². The van der Waals surface area contributed by atoms with Gasteiger partial charge in [0.2, 0.25) is 0 Å². The maximum absolute atomic E-state index is 4.17. The van der Waals surface area contributed by atoms with Crippen LogP contribution in [0, 0.1) is 6.92 Å². The summed E-state index contributed by atoms with van der Waals surface area (Å²) >= 11 is 0. The van der Waals surface area contributed by atoms with Gasteiger partial charge in [0.15, 0.2) is 0 Å². The maximum Gasteiger partial charge on any atom is 0.0758 e. The van der Waals surface area contributed by atoms with Crippen LogP contribution in [0.1, 0.15) is 11.3 Å². The van der Waals surface area contributed by atoms with E-state index in [0.717, 1.165) is 17.9 Å². The Bertz CT molecular complexity index is 459. The Balaban J connectivity index is 0.00000128. The van der Waals surface area contributed by atoms with Crippen molar-refractivity contribution in [2.45, 2.75) is 13.5 Å². The van der Waals surface area contributed by atoms with Gasteiger partial charge in [-0.15, -0.1) is 12.4 Å². The van der Waals surface area contributed by atoms with E-state index in [1.165, 1.54) is 5.56 Å². The third-order valence-electron chi connectivity index (χ3n) is 2.48. The number of nitrogens with zero attached hydrogens (tertiary/aromatic N) is 4. The molecule has 1 N–H and O–H groups in total. The average Bonchev–Trinajstić information content (AvgIpc) is 2.74. The Morgan fingerprint density at radius 3 is 2.50 bits per heavy atom. The molecule has 0 unspecified atom stereocenters. The molecule has 0 fully saturated rings. The second-order valence-corrected chi connectivity index (χ2v) is 3.64. The third-order valence-corrected chi connectivity index (χ3v) is 2.48. The van der Waals surface area contributed by atoms with Crippen LogP contribution >= 0.6 is 12.4 Å². The molecule has 0 spiro atoms. The Kier molecular flexibility index (Phi) is 3.95. The van der Waals surface area contributed by atoms with Gasteiger partial charge in [-0.1, -0.05) is 0 Å². The standard InChI is InChI=1S/C10H15N5.ClH/c1-8-10(6-13-15(8)3)11-4-9-5-12-14(2)7-9;/h5-7,11H,4H2,1-3H3;1H. The quantitative estimate of drug-likeness (QED) is 0.886. The van der Waals surface area contributed by atoms with Crippen molar-refractivity contribution >= 4 is 18.1 Å². The minimum Gasteiger partial charge on any atom is -0.378 e. The van der Waals surface area contributed by atoms with E-state index < -0.39 is 0 Å². The van der Waals surface area contributed by atoms with Gasteiger partial charge in [0.1, 0.15) is 0 Å². The number of hydrogen-bond acceptors (Lipinski definition) is 3. The van der Waals surface area contributed by atoms with E-state index in [1.54, 1.807) is 4.68 Å². The fourth-order valence-corrected chi connectivity index (χ4v) is 1.43. The van der Waals surface area contributed by atoms with Gasteiger partial charge in [0.05, 0.1) is 23.8 Å². The first-order chi connectivity index (χ1) is 7.16. The normalized spacial score (nSPS) is 9.94. The van der Waals surface area contributed by atoms with E-state index >= 15 is 0 Å². The smallest absolute Gasteiger partial charge is 0.0758 e. The van der Waals surface area contributed by atoms with Crippen molar-refractivity contribution in [3.05, 3.63) is 29.8 Å². The van der Waals surface area contributed by atoms with E-state index in [2.05, 4.69) is 15.5 Å². The molecule has 0 bridgehead atoms. The van der Waals surface area contributed by atoms with Crippen LogP contribution in [0.5, 0.6) is 0 Å². The van der Waals surface area contributed by atoms with Crippen molar-refractivity contribution in [2.75, 3.05) is 5.32 Å². The summed E-state index contributed by atoms with van der Waals surface area (Å²) in [5.74, 6) is 0. The number of halogens is 1. The third kappa shape index (κ3) is 2.55. The largest absolute Gasteiger partial charge is 0.378 e. The molecule has 5 nitrogen and oxygen atoms in total. The molecule has 2 heterocycles. The highest BCUT2D eigenvalue weighted by molar-refractivity contribution is 5.85. The molecule has 2 rings (SSSR count). The van der Waals surface area contributed by atoms with Crippen LogP contribution in [0.3, 0.4) is 0 Å². The lowest BCUT2D eigenvalue weighted by Crippen LogP contribution is -2.00. The molecule has 16 heavy (non-hydrogen) atoms. The van der Waals surface area contributed by atoms with Crippen molar-refractivity contribution < 1.29 is 0 Å². The van der Waals surface area contributed by atoms with Gasteiger partial charge >= 0.3 is 0 Å². The molecule has 0 saturated heterocycles. The Morgan fingerprint density at radius 1 is 1.25 bits per heavy atom. The minimum atomic E-state index is 0. The van der Waals surface area contributed by atoms with Crippen LogP contribution in [-0.4, -0.2) is 19.6 Å². The number of aromatic nitrogens is 4. The van der Waals surface area contributed by atoms with Gasteiger partial charge in [0.25, 0.3) is 0 Å². The lowest BCUT2D eigenvalue weighted by atomic mass is 10.3. The van der Waals surface area contributed by atoms with E-state index in [9.17, 15) is 0 Å². The highest BCUT2D eigenvalue weighted by atomic mass is 35.5. The zero-order valence-electron chi connectivity index (χ0n) is 9.64. The molecule has 2 aromatic rings. The SMILES string of the molecule is Cc1c(NCc2cnn(C)c2)cnn1C.Cl. The molecule has 0 saturated carbocycles. The summed E-state index contributed by atoms with van der Waals surface area (Å²) in [6, 6.07) is 0. The second kappa shape index (κ2) is 5.03. The van der Waals surface area contributed by atoms with Gasteiger partial charge < -0.3 is 5.32 Å². The Hall–Kier alpha value is -1.49. The molecule has 0 aliphatic rings. The number of rotatable bonds is 3. The van der Waals surface area contributed by atoms with Crippen molar-refractivity contribution in [2.24, 2.45) is 14.1 Å². The first-order valence-corrected chi connectivity index (χ1v) is 4.87. The van der Waals surface area contributed by atoms with Crippen molar-refractivity contribution in [1.82, 2.24) is 19.6 Å². The van der Waals surface area contributed by atoms with Crippen molar-refractivity contribution in [1.29, 1.82) is 0 Å². The molecule has 0 atom stereocenters. The zero-order chi connectivity index (χ0) is 10.8. The minimum absolute atomic E-state index is 0. The summed E-state index contributed by atoms with van der Waals surface area (Å²) in [7, 11) is 3.85. The summed E-state index contributed by atoms with van der Waals surface area (Å²) < 4.78 is 3.65. The number of anilines is 1. The van der Waals surface area contributed by atoms with Gasteiger partial charge in [-0.05, 0) is 6.92 Å². The molecule has 0 radical (unpaired) electrons. The van der Waals surface area contributed by atoms with Crippen molar-refractivity contribution in [3.8, 4) is 0 Å². The van der Waals surface area contributed by atoms with Crippen LogP contribution in [0.15, 0.2) is 18.6 Å². The fraction of sp³-hybridized carbons (Fsp3) is 0.400. The number of aryl methyl sites for hydroxylation is 2. The van der Waals surface area contributed by atoms with Gasteiger partial charge in [0, 0.05) is 32.4 Å². The molecule has 88 valence electrons. The molecule has 0 aromatic carbocycles. The highest BCUT2D eigenvalue weighted by Gasteiger charge is 2.03. The van der Waals surface area contributed by atoms with Gasteiger partial charge in [-0.3, -0.25) is 9.36 Å². The van der Waals surface area contributed by atoms with Gasteiger partial charge in [-0.2, -0.15) is 10.2 Å². The molecular formula is C10H16ClN5. The molecule has 0 aliphatic carbocycles. The number of nitrogens with one attached hydrogen (secondary N) is 1. The van der Waals surface area contributed by atoms with E-state index in [4.69, 9.17) is 0 Å². The monoisotopic (exact) mass is 241 g/mol. The van der Waals surface area contributed by atoms with Crippen LogP contribution in [-0.2, 0) is 20.6 Å². The van der Waals surface area contributed by atoms with Crippen LogP contribution < -0.4 is 5.32 Å².